The van der Waals surface area contributed by atoms with E-state index in [1.807, 2.05) is 0 Å². The van der Waals surface area contributed by atoms with Gasteiger partial charge in [0.1, 0.15) is 23.7 Å². The summed E-state index contributed by atoms with van der Waals surface area (Å²) in [6.45, 7) is 0. The monoisotopic (exact) mass is 226 g/mol. The smallest absolute Gasteiger partial charge is 0.150 e. The summed E-state index contributed by atoms with van der Waals surface area (Å²) in [4.78, 5) is 3.99. The Hall–Kier alpha value is -1.75. The molecule has 0 saturated heterocycles. The summed E-state index contributed by atoms with van der Waals surface area (Å²) in [5.41, 5.74) is 6.77. The first-order valence-corrected chi connectivity index (χ1v) is 4.50. The lowest BCUT2D eigenvalue weighted by atomic mass is 10.1. The van der Waals surface area contributed by atoms with Crippen LogP contribution in [0, 0.1) is 5.82 Å². The minimum Gasteiger partial charge on any atom is -0.382 e. The molecule has 4 N–H and O–H groups in total. The van der Waals surface area contributed by atoms with E-state index in [0.717, 1.165) is 0 Å². The Kier molecular flexibility index (Phi) is 2.24. The molecule has 15 heavy (non-hydrogen) atoms. The first kappa shape index (κ1) is 9.79. The summed E-state index contributed by atoms with van der Waals surface area (Å²) in [7, 11) is 0. The molecule has 4 nitrogen and oxygen atoms in total. The minimum absolute atomic E-state index is 0.0264. The molecule has 0 saturated carbocycles. The molecule has 6 heteroatoms. The van der Waals surface area contributed by atoms with Crippen LogP contribution in [0.5, 0.6) is 0 Å². The lowest BCUT2D eigenvalue weighted by molar-refractivity contribution is 0.628. The Morgan fingerprint density at radius 2 is 2.13 bits per heavy atom. The number of nitrogens with zero attached hydrogens (tertiary/aromatic N) is 2. The van der Waals surface area contributed by atoms with Gasteiger partial charge in [0.25, 0.3) is 0 Å². The van der Waals surface area contributed by atoms with Gasteiger partial charge in [0.05, 0.1) is 5.02 Å². The van der Waals surface area contributed by atoms with Gasteiger partial charge in [-0.15, -0.1) is 0 Å². The van der Waals surface area contributed by atoms with Gasteiger partial charge >= 0.3 is 0 Å². The molecule has 0 aliphatic carbocycles. The van der Waals surface area contributed by atoms with E-state index in [1.165, 1.54) is 23.1 Å². The molecular weight excluding hydrogens is 219 g/mol. The number of halogens is 2. The van der Waals surface area contributed by atoms with Crippen molar-refractivity contribution in [3.63, 3.8) is 0 Å². The van der Waals surface area contributed by atoms with E-state index < -0.39 is 5.82 Å². The van der Waals surface area contributed by atoms with E-state index in [1.54, 1.807) is 6.07 Å². The predicted molar refractivity (Wildman–Crippen MR) is 57.2 cm³/mol. The topological polar surface area (TPSA) is 69.9 Å². The van der Waals surface area contributed by atoms with Crippen LogP contribution < -0.4 is 11.6 Å². The molecule has 0 spiro atoms. The maximum Gasteiger partial charge on any atom is 0.150 e. The van der Waals surface area contributed by atoms with Crippen LogP contribution in [0.4, 0.5) is 10.2 Å². The number of nitrogen functional groups attached to an aromatic ring is 2. The van der Waals surface area contributed by atoms with Crippen LogP contribution in [-0.2, 0) is 0 Å². The lowest BCUT2D eigenvalue weighted by Gasteiger charge is -2.01. The third-order valence-corrected chi connectivity index (χ3v) is 2.31. The summed E-state index contributed by atoms with van der Waals surface area (Å²) < 4.78 is 14.1. The maximum absolute atomic E-state index is 12.9. The zero-order valence-electron chi connectivity index (χ0n) is 7.61. The SMILES string of the molecule is Nc1c(-c2ccc(F)c(Cl)c2)ncn1N. The quantitative estimate of drug-likeness (QED) is 0.727. The van der Waals surface area contributed by atoms with Crippen molar-refractivity contribution >= 4 is 17.4 Å². The third-order valence-electron chi connectivity index (χ3n) is 2.03. The second kappa shape index (κ2) is 3.43. The summed E-state index contributed by atoms with van der Waals surface area (Å²) >= 11 is 5.64. The summed E-state index contributed by atoms with van der Waals surface area (Å²) in [5, 5.41) is 0.0264. The molecule has 0 bridgehead atoms. The van der Waals surface area contributed by atoms with E-state index in [4.69, 9.17) is 23.2 Å². The van der Waals surface area contributed by atoms with Crippen molar-refractivity contribution in [2.24, 2.45) is 0 Å². The molecule has 2 rings (SSSR count). The molecule has 0 atom stereocenters. The number of anilines is 1. The van der Waals surface area contributed by atoms with Crippen LogP contribution in [0.1, 0.15) is 0 Å². The molecule has 0 radical (unpaired) electrons. The fraction of sp³-hybridized carbons (Fsp3) is 0. The predicted octanol–water partition coefficient (Wildman–Crippen LogP) is 1.64. The van der Waals surface area contributed by atoms with E-state index in [0.29, 0.717) is 17.1 Å². The Labute approximate surface area is 90.2 Å². The molecule has 0 amide bonds. The van der Waals surface area contributed by atoms with Crippen molar-refractivity contribution in [2.45, 2.75) is 0 Å². The Morgan fingerprint density at radius 3 is 2.67 bits per heavy atom. The van der Waals surface area contributed by atoms with Gasteiger partial charge in [0.2, 0.25) is 0 Å². The summed E-state index contributed by atoms with van der Waals surface area (Å²) in [6, 6.07) is 4.25. The normalized spacial score (nSPS) is 10.5. The van der Waals surface area contributed by atoms with Crippen LogP contribution in [0.3, 0.4) is 0 Å². The highest BCUT2D eigenvalue weighted by atomic mass is 35.5. The lowest BCUT2D eigenvalue weighted by Crippen LogP contribution is -2.09. The Balaban J connectivity index is 2.55. The standard InChI is InChI=1S/C9H8ClFN4/c10-6-3-5(1-2-7(6)11)8-9(12)15(13)4-14-8/h1-4H,12-13H2. The first-order valence-electron chi connectivity index (χ1n) is 4.13. The van der Waals surface area contributed by atoms with Gasteiger partial charge in [-0.25, -0.2) is 14.1 Å². The average molecular weight is 227 g/mol. The Bertz CT molecular complexity index is 509. The van der Waals surface area contributed by atoms with Gasteiger partial charge in [-0.1, -0.05) is 11.6 Å². The molecule has 0 aliphatic heterocycles. The van der Waals surface area contributed by atoms with E-state index >= 15 is 0 Å². The molecule has 0 unspecified atom stereocenters. The van der Waals surface area contributed by atoms with Crippen molar-refractivity contribution in [1.82, 2.24) is 9.66 Å². The van der Waals surface area contributed by atoms with E-state index in [-0.39, 0.29) is 5.02 Å². The fourth-order valence-corrected chi connectivity index (χ4v) is 1.42. The number of aromatic nitrogens is 2. The molecule has 0 fully saturated rings. The van der Waals surface area contributed by atoms with Crippen molar-refractivity contribution in [1.29, 1.82) is 0 Å². The number of hydrogen-bond donors (Lipinski definition) is 2. The molecule has 2 aromatic rings. The van der Waals surface area contributed by atoms with Crippen LogP contribution in [0.2, 0.25) is 5.02 Å². The highest BCUT2D eigenvalue weighted by Gasteiger charge is 2.10. The zero-order valence-corrected chi connectivity index (χ0v) is 8.37. The number of rotatable bonds is 1. The van der Waals surface area contributed by atoms with Crippen LogP contribution in [0.15, 0.2) is 24.5 Å². The van der Waals surface area contributed by atoms with Crippen LogP contribution in [0.25, 0.3) is 11.3 Å². The minimum atomic E-state index is -0.480. The van der Waals surface area contributed by atoms with Crippen molar-refractivity contribution in [3.05, 3.63) is 35.4 Å². The molecule has 1 heterocycles. The van der Waals surface area contributed by atoms with Gasteiger partial charge in [-0.05, 0) is 18.2 Å². The second-order valence-electron chi connectivity index (χ2n) is 3.01. The summed E-state index contributed by atoms with van der Waals surface area (Å²) in [6.07, 6.45) is 1.38. The van der Waals surface area contributed by atoms with Gasteiger partial charge in [-0.2, -0.15) is 0 Å². The second-order valence-corrected chi connectivity index (χ2v) is 3.42. The van der Waals surface area contributed by atoms with Gasteiger partial charge in [0, 0.05) is 5.56 Å². The maximum atomic E-state index is 12.9. The Morgan fingerprint density at radius 1 is 1.40 bits per heavy atom. The number of imidazole rings is 1. The summed E-state index contributed by atoms with van der Waals surface area (Å²) in [5.74, 6) is 5.29. The van der Waals surface area contributed by atoms with E-state index in [9.17, 15) is 4.39 Å². The van der Waals surface area contributed by atoms with Crippen molar-refractivity contribution < 1.29 is 4.39 Å². The van der Waals surface area contributed by atoms with Crippen molar-refractivity contribution in [3.8, 4) is 11.3 Å². The molecule has 1 aromatic heterocycles. The number of nitrogens with two attached hydrogens (primary N) is 2. The number of benzene rings is 1. The molecule has 78 valence electrons. The number of hydrogen-bond acceptors (Lipinski definition) is 3. The highest BCUT2D eigenvalue weighted by Crippen LogP contribution is 2.26. The van der Waals surface area contributed by atoms with Crippen LogP contribution >= 0.6 is 11.6 Å². The third kappa shape index (κ3) is 1.61. The molecule has 0 aliphatic rings. The zero-order chi connectivity index (χ0) is 11.0. The van der Waals surface area contributed by atoms with Gasteiger partial charge in [0.15, 0.2) is 0 Å². The fourth-order valence-electron chi connectivity index (χ4n) is 1.24. The van der Waals surface area contributed by atoms with Crippen LogP contribution in [-0.4, -0.2) is 9.66 Å². The average Bonchev–Trinajstić information content (AvgIpc) is 2.53. The highest BCUT2D eigenvalue weighted by molar-refractivity contribution is 6.31. The van der Waals surface area contributed by atoms with Gasteiger partial charge < -0.3 is 11.6 Å². The van der Waals surface area contributed by atoms with Gasteiger partial charge in [-0.3, -0.25) is 0 Å². The first-order chi connectivity index (χ1) is 7.09. The van der Waals surface area contributed by atoms with Crippen molar-refractivity contribution in [2.75, 3.05) is 11.6 Å². The molecule has 1 aromatic carbocycles. The molecular formula is C9H8ClFN4. The van der Waals surface area contributed by atoms with E-state index in [2.05, 4.69) is 4.98 Å². The largest absolute Gasteiger partial charge is 0.382 e.